The molecule has 2 aromatic rings. The largest absolute Gasteiger partial charge is 0.469 e. The van der Waals surface area contributed by atoms with Crippen LogP contribution in [0.3, 0.4) is 0 Å². The summed E-state index contributed by atoms with van der Waals surface area (Å²) in [6.45, 7) is 4.17. The van der Waals surface area contributed by atoms with Gasteiger partial charge in [-0.3, -0.25) is 4.79 Å². The van der Waals surface area contributed by atoms with Crippen molar-refractivity contribution >= 4 is 21.6 Å². The Hall–Kier alpha value is -2.12. The number of furan rings is 1. The first-order valence-electron chi connectivity index (χ1n) is 8.14. The lowest BCUT2D eigenvalue weighted by molar-refractivity contribution is -0.119. The predicted octanol–water partition coefficient (Wildman–Crippen LogP) is 2.44. The molecule has 2 heterocycles. The van der Waals surface area contributed by atoms with Gasteiger partial charge in [0, 0.05) is 37.5 Å². The fraction of sp³-hybridized carbons (Fsp3) is 0.389. The number of nitrogens with one attached hydrogen (secondary N) is 1. The predicted molar refractivity (Wildman–Crippen MR) is 95.1 cm³/mol. The molecule has 0 aliphatic carbocycles. The van der Waals surface area contributed by atoms with E-state index in [4.69, 9.17) is 4.42 Å². The second-order valence-corrected chi connectivity index (χ2v) is 8.69. The summed E-state index contributed by atoms with van der Waals surface area (Å²) in [6, 6.07) is 8.50. The molecule has 0 unspecified atom stereocenters. The number of nitrogens with zero attached hydrogens (tertiary/aromatic N) is 1. The number of sulfonamides is 1. The molecule has 0 saturated heterocycles. The van der Waals surface area contributed by atoms with Crippen LogP contribution in [-0.2, 0) is 26.7 Å². The number of hydrogen-bond donors (Lipinski definition) is 1. The Labute approximate surface area is 147 Å². The van der Waals surface area contributed by atoms with Crippen LogP contribution in [0.2, 0.25) is 0 Å². The molecule has 134 valence electrons. The van der Waals surface area contributed by atoms with E-state index in [-0.39, 0.29) is 17.3 Å². The molecule has 3 rings (SSSR count). The number of amides is 1. The molecule has 25 heavy (non-hydrogen) atoms. The van der Waals surface area contributed by atoms with E-state index in [1.54, 1.807) is 42.5 Å². The summed E-state index contributed by atoms with van der Waals surface area (Å²) >= 11 is 0. The Bertz CT molecular complexity index is 886. The van der Waals surface area contributed by atoms with Gasteiger partial charge in [0.05, 0.1) is 11.2 Å². The van der Waals surface area contributed by atoms with Crippen LogP contribution in [0.15, 0.2) is 45.9 Å². The molecule has 1 aromatic carbocycles. The summed E-state index contributed by atoms with van der Waals surface area (Å²) < 4.78 is 33.0. The van der Waals surface area contributed by atoms with E-state index in [0.717, 1.165) is 17.0 Å². The van der Waals surface area contributed by atoms with E-state index in [9.17, 15) is 13.2 Å². The number of fused-ring (bicyclic) bond motifs is 1. The molecule has 0 bridgehead atoms. The molecule has 1 aliphatic rings. The SMILES string of the molecule is CN1C(=O)CC(C)(C)c2cc(S(=O)(=O)NCCc3ccco3)ccc21. The number of carbonyl (C=O) groups is 1. The average Bonchev–Trinajstić information content (AvgIpc) is 3.05. The van der Waals surface area contributed by atoms with E-state index >= 15 is 0 Å². The standard InChI is InChI=1S/C18H22N2O4S/c1-18(2)12-17(21)20(3)16-7-6-14(11-15(16)18)25(22,23)19-9-8-13-5-4-10-24-13/h4-7,10-11,19H,8-9,12H2,1-3H3. The van der Waals surface area contributed by atoms with Crippen molar-refractivity contribution in [2.45, 2.75) is 37.0 Å². The van der Waals surface area contributed by atoms with Gasteiger partial charge < -0.3 is 9.32 Å². The van der Waals surface area contributed by atoms with Gasteiger partial charge in [-0.15, -0.1) is 0 Å². The van der Waals surface area contributed by atoms with Crippen molar-refractivity contribution in [1.29, 1.82) is 0 Å². The molecular formula is C18H22N2O4S. The minimum atomic E-state index is -3.62. The number of anilines is 1. The number of carbonyl (C=O) groups excluding carboxylic acids is 1. The Morgan fingerprint density at radius 2 is 2.04 bits per heavy atom. The lowest BCUT2D eigenvalue weighted by Crippen LogP contribution is -2.39. The van der Waals surface area contributed by atoms with Gasteiger partial charge in [-0.1, -0.05) is 13.8 Å². The molecule has 1 amide bonds. The third-order valence-corrected chi connectivity index (χ3v) is 6.04. The highest BCUT2D eigenvalue weighted by Gasteiger charge is 2.36. The Morgan fingerprint density at radius 1 is 1.28 bits per heavy atom. The summed E-state index contributed by atoms with van der Waals surface area (Å²) in [7, 11) is -1.91. The van der Waals surface area contributed by atoms with Crippen LogP contribution in [0.5, 0.6) is 0 Å². The van der Waals surface area contributed by atoms with E-state index < -0.39 is 15.4 Å². The zero-order chi connectivity index (χ0) is 18.2. The summed E-state index contributed by atoms with van der Waals surface area (Å²) in [4.78, 5) is 13.9. The molecule has 1 aliphatic heterocycles. The van der Waals surface area contributed by atoms with Crippen molar-refractivity contribution in [2.75, 3.05) is 18.5 Å². The van der Waals surface area contributed by atoms with Gasteiger partial charge in [0.15, 0.2) is 0 Å². The highest BCUT2D eigenvalue weighted by molar-refractivity contribution is 7.89. The first kappa shape index (κ1) is 17.7. The number of hydrogen-bond acceptors (Lipinski definition) is 4. The lowest BCUT2D eigenvalue weighted by Gasteiger charge is -2.37. The Kier molecular flexibility index (Phi) is 4.47. The van der Waals surface area contributed by atoms with Crippen LogP contribution in [0.25, 0.3) is 0 Å². The van der Waals surface area contributed by atoms with Gasteiger partial charge in [-0.2, -0.15) is 0 Å². The number of rotatable bonds is 5. The van der Waals surface area contributed by atoms with E-state index in [0.29, 0.717) is 12.8 Å². The maximum atomic E-state index is 12.6. The summed E-state index contributed by atoms with van der Waals surface area (Å²) in [5.74, 6) is 0.763. The maximum Gasteiger partial charge on any atom is 0.240 e. The normalized spacial score (nSPS) is 16.8. The average molecular weight is 362 g/mol. The van der Waals surface area contributed by atoms with Crippen molar-refractivity contribution in [3.8, 4) is 0 Å². The summed E-state index contributed by atoms with van der Waals surface area (Å²) in [5.41, 5.74) is 1.22. The van der Waals surface area contributed by atoms with Crippen molar-refractivity contribution in [2.24, 2.45) is 0 Å². The smallest absolute Gasteiger partial charge is 0.240 e. The first-order valence-corrected chi connectivity index (χ1v) is 9.62. The van der Waals surface area contributed by atoms with Crippen molar-refractivity contribution in [3.05, 3.63) is 47.9 Å². The number of benzene rings is 1. The minimum absolute atomic E-state index is 0.0321. The van der Waals surface area contributed by atoms with Crippen LogP contribution in [0, 0.1) is 0 Å². The minimum Gasteiger partial charge on any atom is -0.469 e. The van der Waals surface area contributed by atoms with Crippen LogP contribution in [-0.4, -0.2) is 27.9 Å². The van der Waals surface area contributed by atoms with Crippen LogP contribution >= 0.6 is 0 Å². The second kappa shape index (κ2) is 6.31. The summed E-state index contributed by atoms with van der Waals surface area (Å²) in [6.07, 6.45) is 2.40. The fourth-order valence-electron chi connectivity index (χ4n) is 3.09. The van der Waals surface area contributed by atoms with Crippen molar-refractivity contribution < 1.29 is 17.6 Å². The van der Waals surface area contributed by atoms with E-state index in [1.165, 1.54) is 0 Å². The molecular weight excluding hydrogens is 340 g/mol. The van der Waals surface area contributed by atoms with Crippen LogP contribution in [0.4, 0.5) is 5.69 Å². The molecule has 1 aromatic heterocycles. The monoisotopic (exact) mass is 362 g/mol. The molecule has 7 heteroatoms. The quantitative estimate of drug-likeness (QED) is 0.886. The topological polar surface area (TPSA) is 79.6 Å². The molecule has 0 radical (unpaired) electrons. The lowest BCUT2D eigenvalue weighted by atomic mass is 9.77. The van der Waals surface area contributed by atoms with Gasteiger partial charge in [0.2, 0.25) is 15.9 Å². The summed E-state index contributed by atoms with van der Waals surface area (Å²) in [5, 5.41) is 0. The molecule has 0 spiro atoms. The molecule has 6 nitrogen and oxygen atoms in total. The zero-order valence-electron chi connectivity index (χ0n) is 14.6. The Morgan fingerprint density at radius 3 is 2.72 bits per heavy atom. The van der Waals surface area contributed by atoms with Gasteiger partial charge in [0.1, 0.15) is 5.76 Å². The third kappa shape index (κ3) is 3.48. The fourth-order valence-corrected chi connectivity index (χ4v) is 4.15. The van der Waals surface area contributed by atoms with Crippen LogP contribution < -0.4 is 9.62 Å². The molecule has 0 fully saturated rings. The molecule has 0 atom stereocenters. The third-order valence-electron chi connectivity index (χ3n) is 4.58. The Balaban J connectivity index is 1.84. The maximum absolute atomic E-state index is 12.6. The highest BCUT2D eigenvalue weighted by Crippen LogP contribution is 2.40. The molecule has 0 saturated carbocycles. The second-order valence-electron chi connectivity index (χ2n) is 6.92. The van der Waals surface area contributed by atoms with Gasteiger partial charge in [-0.25, -0.2) is 13.1 Å². The van der Waals surface area contributed by atoms with Gasteiger partial charge >= 0.3 is 0 Å². The first-order chi connectivity index (χ1) is 11.7. The van der Waals surface area contributed by atoms with Gasteiger partial charge in [0.25, 0.3) is 0 Å². The zero-order valence-corrected chi connectivity index (χ0v) is 15.4. The van der Waals surface area contributed by atoms with Crippen LogP contribution in [0.1, 0.15) is 31.6 Å². The highest BCUT2D eigenvalue weighted by atomic mass is 32.2. The van der Waals surface area contributed by atoms with E-state index in [1.807, 2.05) is 19.9 Å². The molecule has 1 N–H and O–H groups in total. The van der Waals surface area contributed by atoms with Crippen molar-refractivity contribution in [3.63, 3.8) is 0 Å². The van der Waals surface area contributed by atoms with Crippen molar-refractivity contribution in [1.82, 2.24) is 4.72 Å². The van der Waals surface area contributed by atoms with E-state index in [2.05, 4.69) is 4.72 Å². The van der Waals surface area contributed by atoms with Gasteiger partial charge in [-0.05, 0) is 35.9 Å².